The standard InChI is InChI=1S/C9H10FN5S/c1-15-13-9(12-14-15)5-16-8-3-2-6(10)4-7(8)11/h2-4H,5,11H2,1H3. The number of aromatic nitrogens is 4. The Kier molecular flexibility index (Phi) is 3.04. The maximum Gasteiger partial charge on any atom is 0.184 e. The number of rotatable bonds is 3. The van der Waals surface area contributed by atoms with Gasteiger partial charge in [0.25, 0.3) is 0 Å². The van der Waals surface area contributed by atoms with E-state index < -0.39 is 0 Å². The lowest BCUT2D eigenvalue weighted by molar-refractivity contribution is 0.627. The summed E-state index contributed by atoms with van der Waals surface area (Å²) in [4.78, 5) is 2.21. The molecule has 0 unspecified atom stereocenters. The maximum absolute atomic E-state index is 12.8. The molecule has 0 bridgehead atoms. The molecule has 0 radical (unpaired) electrons. The van der Waals surface area contributed by atoms with Crippen LogP contribution < -0.4 is 5.73 Å². The van der Waals surface area contributed by atoms with Crippen LogP contribution in [0.3, 0.4) is 0 Å². The molecule has 0 amide bonds. The first-order valence-electron chi connectivity index (χ1n) is 4.56. The van der Waals surface area contributed by atoms with Crippen LogP contribution in [0.25, 0.3) is 0 Å². The van der Waals surface area contributed by atoms with Gasteiger partial charge >= 0.3 is 0 Å². The highest BCUT2D eigenvalue weighted by atomic mass is 32.2. The van der Waals surface area contributed by atoms with Gasteiger partial charge in [0.15, 0.2) is 5.82 Å². The molecule has 1 heterocycles. The quantitative estimate of drug-likeness (QED) is 0.644. The molecular weight excluding hydrogens is 229 g/mol. The van der Waals surface area contributed by atoms with Crippen molar-refractivity contribution in [1.82, 2.24) is 20.2 Å². The first kappa shape index (κ1) is 10.9. The molecule has 0 saturated carbocycles. The lowest BCUT2D eigenvalue weighted by atomic mass is 10.3. The van der Waals surface area contributed by atoms with Gasteiger partial charge in [-0.15, -0.1) is 22.0 Å². The Morgan fingerprint density at radius 3 is 2.94 bits per heavy atom. The summed E-state index contributed by atoms with van der Waals surface area (Å²) >= 11 is 1.45. The SMILES string of the molecule is Cn1nnc(CSc2ccc(F)cc2N)n1. The average molecular weight is 239 g/mol. The minimum absolute atomic E-state index is 0.334. The van der Waals surface area contributed by atoms with E-state index in [1.807, 2.05) is 0 Å². The van der Waals surface area contributed by atoms with E-state index in [0.717, 1.165) is 4.90 Å². The van der Waals surface area contributed by atoms with Crippen molar-refractivity contribution in [3.8, 4) is 0 Å². The van der Waals surface area contributed by atoms with Crippen LogP contribution in [-0.2, 0) is 12.8 Å². The molecule has 2 N–H and O–H groups in total. The number of nitrogen functional groups attached to an aromatic ring is 1. The summed E-state index contributed by atoms with van der Waals surface area (Å²) in [5.41, 5.74) is 6.09. The van der Waals surface area contributed by atoms with Gasteiger partial charge < -0.3 is 5.73 Å². The van der Waals surface area contributed by atoms with Gasteiger partial charge in [0.1, 0.15) is 5.82 Å². The second-order valence-corrected chi connectivity index (χ2v) is 4.18. The number of hydrogen-bond donors (Lipinski definition) is 1. The molecule has 84 valence electrons. The van der Waals surface area contributed by atoms with Gasteiger partial charge in [0, 0.05) is 10.6 Å². The summed E-state index contributed by atoms with van der Waals surface area (Å²) < 4.78 is 12.8. The number of nitrogens with two attached hydrogens (primary N) is 1. The van der Waals surface area contributed by atoms with Gasteiger partial charge in [0.05, 0.1) is 12.8 Å². The van der Waals surface area contributed by atoms with Gasteiger partial charge in [-0.05, 0) is 23.4 Å². The zero-order valence-electron chi connectivity index (χ0n) is 8.59. The van der Waals surface area contributed by atoms with E-state index in [-0.39, 0.29) is 5.82 Å². The number of nitrogens with zero attached hydrogens (tertiary/aromatic N) is 4. The Morgan fingerprint density at radius 2 is 2.31 bits per heavy atom. The molecule has 0 spiro atoms. The Morgan fingerprint density at radius 1 is 1.50 bits per heavy atom. The highest BCUT2D eigenvalue weighted by molar-refractivity contribution is 7.98. The van der Waals surface area contributed by atoms with Crippen molar-refractivity contribution in [1.29, 1.82) is 0 Å². The van der Waals surface area contributed by atoms with Crippen molar-refractivity contribution >= 4 is 17.4 Å². The third-order valence-corrected chi connectivity index (χ3v) is 2.96. The minimum Gasteiger partial charge on any atom is -0.398 e. The summed E-state index contributed by atoms with van der Waals surface area (Å²) in [5, 5.41) is 11.6. The summed E-state index contributed by atoms with van der Waals surface area (Å²) in [6.45, 7) is 0. The number of aryl methyl sites for hydroxylation is 1. The van der Waals surface area contributed by atoms with Gasteiger partial charge in [0.2, 0.25) is 0 Å². The number of hydrogen-bond acceptors (Lipinski definition) is 5. The van der Waals surface area contributed by atoms with Crippen LogP contribution in [-0.4, -0.2) is 20.2 Å². The third kappa shape index (κ3) is 2.48. The van der Waals surface area contributed by atoms with Crippen LogP contribution in [0.15, 0.2) is 23.1 Å². The zero-order chi connectivity index (χ0) is 11.5. The van der Waals surface area contributed by atoms with E-state index >= 15 is 0 Å². The molecule has 16 heavy (non-hydrogen) atoms. The fraction of sp³-hybridized carbons (Fsp3) is 0.222. The van der Waals surface area contributed by atoms with Crippen molar-refractivity contribution < 1.29 is 4.39 Å². The van der Waals surface area contributed by atoms with Crippen LogP contribution in [0.1, 0.15) is 5.82 Å². The molecular formula is C9H10FN5S. The van der Waals surface area contributed by atoms with Crippen molar-refractivity contribution in [2.45, 2.75) is 10.6 Å². The van der Waals surface area contributed by atoms with Crippen molar-refractivity contribution in [3.05, 3.63) is 29.8 Å². The van der Waals surface area contributed by atoms with Gasteiger partial charge in [-0.25, -0.2) is 4.39 Å². The summed E-state index contributed by atoms with van der Waals surface area (Å²) in [6.07, 6.45) is 0. The summed E-state index contributed by atoms with van der Waals surface area (Å²) in [5.74, 6) is 0.847. The first-order valence-corrected chi connectivity index (χ1v) is 5.54. The zero-order valence-corrected chi connectivity index (χ0v) is 9.41. The number of tetrazole rings is 1. The van der Waals surface area contributed by atoms with Crippen LogP contribution in [0.2, 0.25) is 0 Å². The van der Waals surface area contributed by atoms with E-state index in [4.69, 9.17) is 5.73 Å². The smallest absolute Gasteiger partial charge is 0.184 e. The van der Waals surface area contributed by atoms with Crippen LogP contribution in [0.5, 0.6) is 0 Å². The molecule has 1 aromatic heterocycles. The Balaban J connectivity index is 2.04. The molecule has 0 aliphatic rings. The minimum atomic E-state index is -0.334. The normalized spacial score (nSPS) is 10.6. The maximum atomic E-state index is 12.8. The largest absolute Gasteiger partial charge is 0.398 e. The molecule has 0 aliphatic heterocycles. The fourth-order valence-electron chi connectivity index (χ4n) is 1.17. The fourth-order valence-corrected chi connectivity index (χ4v) is 1.96. The molecule has 2 rings (SSSR count). The molecule has 5 nitrogen and oxygen atoms in total. The second-order valence-electron chi connectivity index (χ2n) is 3.17. The first-order chi connectivity index (χ1) is 7.65. The topological polar surface area (TPSA) is 69.6 Å². The Hall–Kier alpha value is -1.63. The highest BCUT2D eigenvalue weighted by Crippen LogP contribution is 2.27. The Bertz CT molecular complexity index is 498. The molecule has 2 aromatic rings. The van der Waals surface area contributed by atoms with E-state index in [0.29, 0.717) is 17.3 Å². The van der Waals surface area contributed by atoms with Gasteiger partial charge in [-0.2, -0.15) is 4.80 Å². The van der Waals surface area contributed by atoms with E-state index in [1.54, 1.807) is 13.1 Å². The molecule has 0 atom stereocenters. The number of thioether (sulfide) groups is 1. The molecule has 0 saturated heterocycles. The third-order valence-electron chi connectivity index (χ3n) is 1.88. The molecule has 0 aliphatic carbocycles. The van der Waals surface area contributed by atoms with Crippen LogP contribution in [0.4, 0.5) is 10.1 Å². The van der Waals surface area contributed by atoms with Gasteiger partial charge in [-0.3, -0.25) is 0 Å². The monoisotopic (exact) mass is 239 g/mol. The van der Waals surface area contributed by atoms with Crippen molar-refractivity contribution in [3.63, 3.8) is 0 Å². The lowest BCUT2D eigenvalue weighted by Crippen LogP contribution is -1.93. The van der Waals surface area contributed by atoms with E-state index in [9.17, 15) is 4.39 Å². The molecule has 0 fully saturated rings. The number of halogens is 1. The van der Waals surface area contributed by atoms with Crippen molar-refractivity contribution in [2.24, 2.45) is 7.05 Å². The highest BCUT2D eigenvalue weighted by Gasteiger charge is 2.05. The predicted molar refractivity (Wildman–Crippen MR) is 59.2 cm³/mol. The average Bonchev–Trinajstić information content (AvgIpc) is 2.63. The Labute approximate surface area is 95.8 Å². The number of anilines is 1. The van der Waals surface area contributed by atoms with Crippen molar-refractivity contribution in [2.75, 3.05) is 5.73 Å². The summed E-state index contributed by atoms with van der Waals surface area (Å²) in [6, 6.07) is 4.32. The van der Waals surface area contributed by atoms with Crippen LogP contribution in [0, 0.1) is 5.82 Å². The summed E-state index contributed by atoms with van der Waals surface area (Å²) in [7, 11) is 1.70. The van der Waals surface area contributed by atoms with E-state index in [2.05, 4.69) is 15.4 Å². The molecule has 7 heteroatoms. The predicted octanol–water partition coefficient (Wildman–Crippen LogP) is 1.22. The second kappa shape index (κ2) is 4.48. The lowest BCUT2D eigenvalue weighted by Gasteiger charge is -2.02. The number of benzene rings is 1. The van der Waals surface area contributed by atoms with Crippen LogP contribution >= 0.6 is 11.8 Å². The van der Waals surface area contributed by atoms with Gasteiger partial charge in [-0.1, -0.05) is 0 Å². The van der Waals surface area contributed by atoms with E-state index in [1.165, 1.54) is 28.7 Å². The molecule has 1 aromatic carbocycles.